The van der Waals surface area contributed by atoms with Crippen LogP contribution in [0.25, 0.3) is 29.4 Å². The average molecular weight is 685 g/mol. The summed E-state index contributed by atoms with van der Waals surface area (Å²) >= 11 is 0. The zero-order valence-electron chi connectivity index (χ0n) is 31.2. The molecule has 11 rings (SSSR count). The Morgan fingerprint density at radius 1 is 0.623 bits per heavy atom. The fourth-order valence-corrected chi connectivity index (χ4v) is 11.6. The second-order valence-electron chi connectivity index (χ2n) is 17.2. The Balaban J connectivity index is 1.09. The molecule has 0 saturated heterocycles. The normalized spacial score (nSPS) is 26.8. The van der Waals surface area contributed by atoms with Crippen LogP contribution in [0.5, 0.6) is 0 Å². The van der Waals surface area contributed by atoms with Crippen molar-refractivity contribution in [2.24, 2.45) is 17.8 Å². The fourth-order valence-electron chi connectivity index (χ4n) is 11.6. The van der Waals surface area contributed by atoms with E-state index in [9.17, 15) is 0 Å². The molecule has 4 atom stereocenters. The highest BCUT2D eigenvalue weighted by Gasteiger charge is 2.44. The van der Waals surface area contributed by atoms with Crippen LogP contribution in [0.4, 0.5) is 0 Å². The van der Waals surface area contributed by atoms with Gasteiger partial charge >= 0.3 is 0 Å². The minimum Gasteiger partial charge on any atom is -0.0839 e. The van der Waals surface area contributed by atoms with Crippen molar-refractivity contribution in [3.63, 3.8) is 0 Å². The minimum atomic E-state index is 0.133. The second-order valence-corrected chi connectivity index (χ2v) is 17.2. The van der Waals surface area contributed by atoms with E-state index in [1.807, 2.05) is 0 Å². The van der Waals surface area contributed by atoms with E-state index in [4.69, 9.17) is 0 Å². The summed E-state index contributed by atoms with van der Waals surface area (Å²) in [6, 6.07) is 21.0. The molecule has 260 valence electrons. The van der Waals surface area contributed by atoms with E-state index >= 15 is 0 Å². The summed E-state index contributed by atoms with van der Waals surface area (Å²) in [5, 5.41) is 0. The Kier molecular flexibility index (Phi) is 7.17. The Bertz CT molecular complexity index is 2430. The molecule has 0 spiro atoms. The van der Waals surface area contributed by atoms with Gasteiger partial charge in [0.25, 0.3) is 0 Å². The molecular formula is C53H48. The van der Waals surface area contributed by atoms with Crippen LogP contribution in [0, 0.1) is 17.8 Å². The van der Waals surface area contributed by atoms with Gasteiger partial charge in [-0.2, -0.15) is 0 Å². The molecule has 0 heteroatoms. The lowest BCUT2D eigenvalue weighted by atomic mass is 9.65. The van der Waals surface area contributed by atoms with Gasteiger partial charge in [0.05, 0.1) is 0 Å². The SMILES string of the molecule is CC1(C)c2ccccc2C2=CC=C(C3=Cc4c(C5CC=Cc6ccccc65)cc5c(c4CC3)C=C(C3CC=CC4=C3C=CCC4)C3CC=CC=C53)CC21. The van der Waals surface area contributed by atoms with E-state index in [1.54, 1.807) is 39.0 Å². The van der Waals surface area contributed by atoms with Crippen molar-refractivity contribution >= 4 is 29.4 Å². The molecule has 4 unspecified atom stereocenters. The molecule has 8 aliphatic rings. The smallest absolute Gasteiger partial charge is 0.0136 e. The van der Waals surface area contributed by atoms with E-state index in [-0.39, 0.29) is 5.41 Å². The van der Waals surface area contributed by atoms with E-state index < -0.39 is 0 Å². The quantitative estimate of drug-likeness (QED) is 0.258. The third-order valence-corrected chi connectivity index (χ3v) is 14.3. The van der Waals surface area contributed by atoms with E-state index in [0.717, 1.165) is 44.9 Å². The maximum absolute atomic E-state index is 2.71. The van der Waals surface area contributed by atoms with Gasteiger partial charge in [0, 0.05) is 17.8 Å². The molecule has 3 aromatic rings. The molecule has 0 aliphatic heterocycles. The first-order valence-corrected chi connectivity index (χ1v) is 20.4. The number of fused-ring (bicyclic) bond motifs is 9. The molecule has 0 fully saturated rings. The van der Waals surface area contributed by atoms with Crippen molar-refractivity contribution < 1.29 is 0 Å². The molecule has 8 aliphatic carbocycles. The van der Waals surface area contributed by atoms with E-state index in [1.165, 1.54) is 56.5 Å². The molecular weight excluding hydrogens is 637 g/mol. The van der Waals surface area contributed by atoms with Crippen LogP contribution < -0.4 is 0 Å². The Labute approximate surface area is 315 Å². The number of allylic oxidation sites excluding steroid dienone is 17. The largest absolute Gasteiger partial charge is 0.0839 e. The van der Waals surface area contributed by atoms with Crippen molar-refractivity contribution in [2.75, 3.05) is 0 Å². The number of rotatable bonds is 3. The van der Waals surface area contributed by atoms with Gasteiger partial charge in [-0.3, -0.25) is 0 Å². The van der Waals surface area contributed by atoms with Crippen LogP contribution in [0.15, 0.2) is 143 Å². The molecule has 0 amide bonds. The Morgan fingerprint density at radius 3 is 2.43 bits per heavy atom. The summed E-state index contributed by atoms with van der Waals surface area (Å²) in [6.45, 7) is 4.94. The van der Waals surface area contributed by atoms with Crippen molar-refractivity contribution in [1.29, 1.82) is 0 Å². The zero-order chi connectivity index (χ0) is 35.3. The molecule has 0 N–H and O–H groups in total. The van der Waals surface area contributed by atoms with Gasteiger partial charge in [-0.25, -0.2) is 0 Å². The van der Waals surface area contributed by atoms with Gasteiger partial charge in [-0.1, -0.05) is 147 Å². The third kappa shape index (κ3) is 4.80. The van der Waals surface area contributed by atoms with Crippen LogP contribution in [-0.4, -0.2) is 0 Å². The van der Waals surface area contributed by atoms with Crippen LogP contribution in [-0.2, 0) is 11.8 Å². The lowest BCUT2D eigenvalue weighted by Crippen LogP contribution is -2.26. The van der Waals surface area contributed by atoms with E-state index in [0.29, 0.717) is 23.7 Å². The highest BCUT2D eigenvalue weighted by Crippen LogP contribution is 2.56. The summed E-state index contributed by atoms with van der Waals surface area (Å²) in [6.07, 6.45) is 41.0. The van der Waals surface area contributed by atoms with Crippen molar-refractivity contribution in [1.82, 2.24) is 0 Å². The summed E-state index contributed by atoms with van der Waals surface area (Å²) in [7, 11) is 0. The zero-order valence-corrected chi connectivity index (χ0v) is 31.2. The summed E-state index contributed by atoms with van der Waals surface area (Å²) in [4.78, 5) is 0. The second kappa shape index (κ2) is 12.0. The lowest BCUT2D eigenvalue weighted by molar-refractivity contribution is 0.409. The molecule has 0 bridgehead atoms. The van der Waals surface area contributed by atoms with Crippen molar-refractivity contribution in [3.05, 3.63) is 193 Å². The molecule has 0 saturated carbocycles. The monoisotopic (exact) mass is 684 g/mol. The highest BCUT2D eigenvalue weighted by atomic mass is 14.5. The summed E-state index contributed by atoms with van der Waals surface area (Å²) in [5.41, 5.74) is 24.6. The van der Waals surface area contributed by atoms with Gasteiger partial charge in [0.2, 0.25) is 0 Å². The van der Waals surface area contributed by atoms with Crippen LogP contribution >= 0.6 is 0 Å². The first-order valence-electron chi connectivity index (χ1n) is 20.4. The Hall–Kier alpha value is -4.94. The maximum atomic E-state index is 2.71. The van der Waals surface area contributed by atoms with Gasteiger partial charge in [0.1, 0.15) is 0 Å². The van der Waals surface area contributed by atoms with Crippen molar-refractivity contribution in [3.8, 4) is 0 Å². The van der Waals surface area contributed by atoms with Crippen LogP contribution in [0.3, 0.4) is 0 Å². The molecule has 0 aromatic heterocycles. The van der Waals surface area contributed by atoms with Gasteiger partial charge in [-0.05, 0) is 152 Å². The fraction of sp³-hybridized carbons (Fsp3) is 0.283. The molecule has 3 aromatic carbocycles. The first kappa shape index (κ1) is 31.6. The first-order chi connectivity index (χ1) is 26.0. The lowest BCUT2D eigenvalue weighted by Gasteiger charge is -2.39. The number of hydrogen-bond donors (Lipinski definition) is 0. The van der Waals surface area contributed by atoms with Crippen molar-refractivity contribution in [2.45, 2.75) is 76.5 Å². The predicted octanol–water partition coefficient (Wildman–Crippen LogP) is 13.5. The number of hydrogen-bond acceptors (Lipinski definition) is 0. The summed E-state index contributed by atoms with van der Waals surface area (Å²) < 4.78 is 0. The molecule has 0 heterocycles. The predicted molar refractivity (Wildman–Crippen MR) is 224 cm³/mol. The summed E-state index contributed by atoms with van der Waals surface area (Å²) in [5.74, 6) is 1.78. The Morgan fingerprint density at radius 2 is 1.47 bits per heavy atom. The maximum Gasteiger partial charge on any atom is 0.0136 e. The minimum absolute atomic E-state index is 0.133. The molecule has 53 heavy (non-hydrogen) atoms. The topological polar surface area (TPSA) is 0 Å². The van der Waals surface area contributed by atoms with E-state index in [2.05, 4.69) is 147 Å². The third-order valence-electron chi connectivity index (χ3n) is 14.3. The van der Waals surface area contributed by atoms with Gasteiger partial charge in [0.15, 0.2) is 0 Å². The molecule has 0 nitrogen and oxygen atoms in total. The van der Waals surface area contributed by atoms with Gasteiger partial charge < -0.3 is 0 Å². The standard InChI is InChI=1S/C53H48/c1-53(2)51-24-10-9-21-44(51)45-28-26-36(30-52(45)53)35-25-27-43-46(29-35)48(40-23-12-16-34-14-4-6-18-38(34)40)32-49-42-20-8-7-19-41(42)47(31-50(43)49)39-22-11-15-33-13-3-5-17-37(33)39/h4-12,14-18,20-21,24,26,28-29,31-32,39-41,52H,3,13,19,22-23,25,27,30H2,1-2H3. The van der Waals surface area contributed by atoms with Crippen LogP contribution in [0.1, 0.15) is 115 Å². The average Bonchev–Trinajstić information content (AvgIpc) is 3.45. The molecule has 0 radical (unpaired) electrons. The number of benzene rings is 3. The highest BCUT2D eigenvalue weighted by molar-refractivity contribution is 5.90. The van der Waals surface area contributed by atoms with Crippen LogP contribution in [0.2, 0.25) is 0 Å². The van der Waals surface area contributed by atoms with Gasteiger partial charge in [-0.15, -0.1) is 0 Å².